The van der Waals surface area contributed by atoms with Crippen LogP contribution >= 0.6 is 23.1 Å². The number of amides is 3. The summed E-state index contributed by atoms with van der Waals surface area (Å²) in [5.41, 5.74) is 2.10. The van der Waals surface area contributed by atoms with Gasteiger partial charge in [-0.25, -0.2) is 4.39 Å². The molecular weight excluding hydrogens is 602 g/mol. The summed E-state index contributed by atoms with van der Waals surface area (Å²) in [4.78, 5) is 57.7. The first-order valence-corrected chi connectivity index (χ1v) is 16.2. The van der Waals surface area contributed by atoms with Crippen LogP contribution in [-0.4, -0.2) is 34.6 Å². The molecule has 8 rings (SSSR count). The Bertz CT molecular complexity index is 1840. The van der Waals surface area contributed by atoms with Gasteiger partial charge in [-0.15, -0.1) is 11.8 Å². The molecule has 1 saturated heterocycles. The standard InChI is InChI=1S/C33H26FN3O5S2/c34-17-8-10-18(11-9-17)35-23(38)15-42-20-12-6-16(7-13-20)24-25-21-14-22(28(25)43-30-29(24)44-33(41)36-30)27-26(21)31(39)37(32(27)40)19-4-2-1-3-5-19/h1-13,21-22,24-28H,14-15H2,(H,35,38)(H,36,41)/t21?,22?,24-,25?,26?,27?,28?/m1/s1. The van der Waals surface area contributed by atoms with Crippen LogP contribution in [-0.2, 0) is 14.4 Å². The zero-order valence-corrected chi connectivity index (χ0v) is 24.8. The van der Waals surface area contributed by atoms with Crippen molar-refractivity contribution in [2.75, 3.05) is 16.8 Å². The molecule has 3 heterocycles. The van der Waals surface area contributed by atoms with E-state index in [9.17, 15) is 23.6 Å². The smallest absolute Gasteiger partial charge is 0.305 e. The molecule has 3 fully saturated rings. The fourth-order valence-corrected chi connectivity index (χ4v) is 10.8. The van der Waals surface area contributed by atoms with Gasteiger partial charge < -0.3 is 15.0 Å². The number of imide groups is 1. The van der Waals surface area contributed by atoms with E-state index in [1.165, 1.54) is 40.5 Å². The number of aromatic amines is 1. The Hall–Kier alpha value is -4.22. The summed E-state index contributed by atoms with van der Waals surface area (Å²) >= 11 is 2.87. The maximum atomic E-state index is 13.8. The number of H-pyrrole nitrogens is 1. The quantitative estimate of drug-likeness (QED) is 0.282. The molecule has 1 aromatic heterocycles. The SMILES string of the molecule is O=C(COc1ccc([C@H]2c3sc(=O)[nH]c3SC3C4CC(C5C(=O)N(c6ccccc6)C(=O)C45)C32)cc1)Nc1ccc(F)cc1. The van der Waals surface area contributed by atoms with Gasteiger partial charge in [0.2, 0.25) is 11.8 Å². The topological polar surface area (TPSA) is 109 Å². The molecule has 3 amide bonds. The Morgan fingerprint density at radius 3 is 2.36 bits per heavy atom. The van der Waals surface area contributed by atoms with Gasteiger partial charge in [-0.2, -0.15) is 0 Å². The third-order valence-corrected chi connectivity index (χ3v) is 12.1. The van der Waals surface area contributed by atoms with Crippen LogP contribution in [0.4, 0.5) is 15.8 Å². The van der Waals surface area contributed by atoms with E-state index in [0.717, 1.165) is 21.9 Å². The van der Waals surface area contributed by atoms with E-state index in [-0.39, 0.29) is 75.8 Å². The maximum Gasteiger partial charge on any atom is 0.305 e. The number of rotatable bonds is 6. The van der Waals surface area contributed by atoms with Crippen molar-refractivity contribution in [1.29, 1.82) is 0 Å². The molecule has 0 spiro atoms. The third-order valence-electron chi connectivity index (χ3n) is 9.48. The van der Waals surface area contributed by atoms with Crippen LogP contribution in [0.3, 0.4) is 0 Å². The Balaban J connectivity index is 1.05. The molecule has 222 valence electrons. The fraction of sp³-hybridized carbons (Fsp3) is 0.273. The van der Waals surface area contributed by atoms with E-state index in [2.05, 4.69) is 10.3 Å². The van der Waals surface area contributed by atoms with Crippen molar-refractivity contribution in [3.8, 4) is 5.75 Å². The lowest BCUT2D eigenvalue weighted by molar-refractivity contribution is -0.123. The molecule has 2 aliphatic heterocycles. The third kappa shape index (κ3) is 4.32. The predicted molar refractivity (Wildman–Crippen MR) is 164 cm³/mol. The summed E-state index contributed by atoms with van der Waals surface area (Å²) < 4.78 is 18.9. The van der Waals surface area contributed by atoms with Crippen LogP contribution in [0.15, 0.2) is 88.7 Å². The molecule has 2 N–H and O–H groups in total. The Kier molecular flexibility index (Phi) is 6.49. The lowest BCUT2D eigenvalue weighted by Gasteiger charge is -2.43. The van der Waals surface area contributed by atoms with Gasteiger partial charge in [0.1, 0.15) is 11.6 Å². The number of aromatic nitrogens is 1. The van der Waals surface area contributed by atoms with Crippen LogP contribution < -0.4 is 19.8 Å². The predicted octanol–water partition coefficient (Wildman–Crippen LogP) is 5.27. The van der Waals surface area contributed by atoms with Gasteiger partial charge in [-0.1, -0.05) is 41.7 Å². The molecule has 3 aromatic carbocycles. The first-order chi connectivity index (χ1) is 21.4. The number of thiazole rings is 1. The summed E-state index contributed by atoms with van der Waals surface area (Å²) in [5, 5.41) is 3.63. The molecule has 0 radical (unpaired) electrons. The average molecular weight is 628 g/mol. The van der Waals surface area contributed by atoms with Crippen LogP contribution in [0.1, 0.15) is 22.8 Å². The number of fused-ring (bicyclic) bond motifs is 9. The van der Waals surface area contributed by atoms with Gasteiger partial charge in [0, 0.05) is 21.7 Å². The summed E-state index contributed by atoms with van der Waals surface area (Å²) in [6, 6.07) is 22.2. The molecule has 8 nitrogen and oxygen atoms in total. The Morgan fingerprint density at radius 1 is 0.932 bits per heavy atom. The Labute approximate surface area is 259 Å². The van der Waals surface area contributed by atoms with Crippen LogP contribution in [0.2, 0.25) is 0 Å². The van der Waals surface area contributed by atoms with Crippen molar-refractivity contribution < 1.29 is 23.5 Å². The van der Waals surface area contributed by atoms with Gasteiger partial charge in [0.15, 0.2) is 6.61 Å². The van der Waals surface area contributed by atoms with Crippen molar-refractivity contribution in [3.63, 3.8) is 0 Å². The van der Waals surface area contributed by atoms with Gasteiger partial charge in [0.25, 0.3) is 5.91 Å². The summed E-state index contributed by atoms with van der Waals surface area (Å²) in [6.07, 6.45) is 0.817. The number of ether oxygens (including phenoxy) is 1. The highest BCUT2D eigenvalue weighted by molar-refractivity contribution is 8.00. The van der Waals surface area contributed by atoms with Crippen molar-refractivity contribution in [3.05, 3.63) is 105 Å². The van der Waals surface area contributed by atoms with Crippen LogP contribution in [0, 0.1) is 35.4 Å². The summed E-state index contributed by atoms with van der Waals surface area (Å²) in [5.74, 6) is -1.12. The minimum atomic E-state index is -0.385. The fourth-order valence-electron chi connectivity index (χ4n) is 7.87. The number of carbonyl (C=O) groups is 3. The largest absolute Gasteiger partial charge is 0.484 e. The van der Waals surface area contributed by atoms with Crippen molar-refractivity contribution in [2.24, 2.45) is 29.6 Å². The van der Waals surface area contributed by atoms with E-state index in [1.54, 1.807) is 11.8 Å². The van der Waals surface area contributed by atoms with E-state index < -0.39 is 0 Å². The average Bonchev–Trinajstić information content (AvgIpc) is 3.77. The number of benzene rings is 3. The van der Waals surface area contributed by atoms with E-state index >= 15 is 0 Å². The molecular formula is C33H26FN3O5S2. The first kappa shape index (κ1) is 27.3. The summed E-state index contributed by atoms with van der Waals surface area (Å²) in [7, 11) is 0. The van der Waals surface area contributed by atoms with E-state index in [0.29, 0.717) is 17.1 Å². The second kappa shape index (κ2) is 10.4. The second-order valence-electron chi connectivity index (χ2n) is 11.7. The number of hydrogen-bond donors (Lipinski definition) is 2. The monoisotopic (exact) mass is 627 g/mol. The molecule has 2 aliphatic carbocycles. The first-order valence-electron chi connectivity index (χ1n) is 14.5. The normalized spacial score (nSPS) is 28.0. The number of hydrogen-bond acceptors (Lipinski definition) is 7. The molecule has 2 saturated carbocycles. The minimum absolute atomic E-state index is 0.0223. The lowest BCUT2D eigenvalue weighted by atomic mass is 9.68. The highest BCUT2D eigenvalue weighted by atomic mass is 32.2. The highest BCUT2D eigenvalue weighted by Crippen LogP contribution is 2.68. The molecule has 4 aromatic rings. The van der Waals surface area contributed by atoms with Crippen molar-refractivity contribution >= 4 is 52.2 Å². The van der Waals surface area contributed by atoms with Gasteiger partial charge in [0.05, 0.1) is 22.5 Å². The number of carbonyl (C=O) groups excluding carboxylic acids is 3. The highest BCUT2D eigenvalue weighted by Gasteiger charge is 2.69. The molecule has 7 atom stereocenters. The number of nitrogens with one attached hydrogen (secondary N) is 2. The number of para-hydroxylation sites is 1. The van der Waals surface area contributed by atoms with Crippen molar-refractivity contribution in [1.82, 2.24) is 4.98 Å². The zero-order valence-electron chi connectivity index (χ0n) is 23.1. The van der Waals surface area contributed by atoms with Crippen LogP contribution in [0.5, 0.6) is 5.75 Å². The number of anilines is 2. The van der Waals surface area contributed by atoms with Gasteiger partial charge >= 0.3 is 4.87 Å². The molecule has 11 heteroatoms. The minimum Gasteiger partial charge on any atom is -0.484 e. The second-order valence-corrected chi connectivity index (χ2v) is 13.9. The van der Waals surface area contributed by atoms with Crippen LogP contribution in [0.25, 0.3) is 0 Å². The number of nitrogens with zero attached hydrogens (tertiary/aromatic N) is 1. The van der Waals surface area contributed by atoms with Gasteiger partial charge in [-0.3, -0.25) is 24.1 Å². The molecule has 44 heavy (non-hydrogen) atoms. The Morgan fingerprint density at radius 2 is 1.64 bits per heavy atom. The van der Waals surface area contributed by atoms with Crippen molar-refractivity contribution in [2.45, 2.75) is 22.6 Å². The van der Waals surface area contributed by atoms with E-state index in [4.69, 9.17) is 4.74 Å². The number of thioether (sulfide) groups is 1. The zero-order chi connectivity index (χ0) is 30.1. The molecule has 2 bridgehead atoms. The summed E-state index contributed by atoms with van der Waals surface area (Å²) in [6.45, 7) is -0.216. The van der Waals surface area contributed by atoms with Gasteiger partial charge in [-0.05, 0) is 78.3 Å². The molecule has 4 aliphatic rings. The number of halogens is 1. The molecule has 6 unspecified atom stereocenters. The van der Waals surface area contributed by atoms with E-state index in [1.807, 2.05) is 54.6 Å². The lowest BCUT2D eigenvalue weighted by Crippen LogP contribution is -2.42. The maximum absolute atomic E-state index is 13.8.